The summed E-state index contributed by atoms with van der Waals surface area (Å²) in [5.74, 6) is -0.447. The monoisotopic (exact) mass is 253 g/mol. The number of hydrogen-bond donors (Lipinski definition) is 0. The highest BCUT2D eigenvalue weighted by Gasteiger charge is 2.14. The minimum absolute atomic E-state index is 0.00273. The first-order valence-corrected chi connectivity index (χ1v) is 5.96. The highest BCUT2D eigenvalue weighted by molar-refractivity contribution is 6.30. The summed E-state index contributed by atoms with van der Waals surface area (Å²) in [5, 5.41) is 0.0702. The summed E-state index contributed by atoms with van der Waals surface area (Å²) in [7, 11) is 0. The fourth-order valence-electron chi connectivity index (χ4n) is 1.83. The molecule has 1 fully saturated rings. The van der Waals surface area contributed by atoms with E-state index in [9.17, 15) is 9.18 Å². The maximum Gasteiger partial charge on any atom is 0.246 e. The van der Waals surface area contributed by atoms with Crippen LogP contribution in [0.4, 0.5) is 4.39 Å². The second-order valence-electron chi connectivity index (χ2n) is 4.04. The van der Waals surface area contributed by atoms with Crippen molar-refractivity contribution in [1.29, 1.82) is 0 Å². The second-order valence-corrected chi connectivity index (χ2v) is 4.45. The molecular weight excluding hydrogens is 241 g/mol. The molecule has 0 aliphatic carbocycles. The van der Waals surface area contributed by atoms with Crippen molar-refractivity contribution in [1.82, 2.24) is 4.90 Å². The van der Waals surface area contributed by atoms with E-state index in [2.05, 4.69) is 0 Å². The van der Waals surface area contributed by atoms with E-state index < -0.39 is 5.82 Å². The van der Waals surface area contributed by atoms with Gasteiger partial charge in [-0.05, 0) is 36.6 Å². The van der Waals surface area contributed by atoms with E-state index in [1.54, 1.807) is 12.1 Å². The summed E-state index contributed by atoms with van der Waals surface area (Å²) >= 11 is 5.65. The molecule has 1 aliphatic heterocycles. The molecule has 0 atom stereocenters. The standard InChI is InChI=1S/C13H13ClFNO/c14-11-9-10(3-5-12(11)15)4-6-13(17)16-7-1-2-8-16/h3-6,9H,1-2,7-8H2/b6-4+. The van der Waals surface area contributed by atoms with Gasteiger partial charge in [-0.3, -0.25) is 4.79 Å². The van der Waals surface area contributed by atoms with Gasteiger partial charge in [-0.2, -0.15) is 0 Å². The van der Waals surface area contributed by atoms with Crippen LogP contribution in [0.1, 0.15) is 18.4 Å². The van der Waals surface area contributed by atoms with Crippen LogP contribution in [0.2, 0.25) is 5.02 Å². The Morgan fingerprint density at radius 1 is 1.35 bits per heavy atom. The van der Waals surface area contributed by atoms with Crippen LogP contribution in [0.15, 0.2) is 24.3 Å². The van der Waals surface area contributed by atoms with Gasteiger partial charge in [0.1, 0.15) is 5.82 Å². The van der Waals surface area contributed by atoms with Crippen molar-refractivity contribution < 1.29 is 9.18 Å². The normalized spacial score (nSPS) is 15.8. The average molecular weight is 254 g/mol. The van der Waals surface area contributed by atoms with Crippen molar-refractivity contribution in [2.75, 3.05) is 13.1 Å². The van der Waals surface area contributed by atoms with Crippen LogP contribution in [0.3, 0.4) is 0 Å². The van der Waals surface area contributed by atoms with E-state index in [1.165, 1.54) is 18.2 Å². The number of halogens is 2. The molecule has 2 nitrogen and oxygen atoms in total. The van der Waals surface area contributed by atoms with Crippen LogP contribution in [0.25, 0.3) is 6.08 Å². The molecule has 0 saturated carbocycles. The molecule has 1 aromatic rings. The van der Waals surface area contributed by atoms with Crippen molar-refractivity contribution >= 4 is 23.6 Å². The minimum Gasteiger partial charge on any atom is -0.339 e. The van der Waals surface area contributed by atoms with Crippen LogP contribution in [-0.4, -0.2) is 23.9 Å². The van der Waals surface area contributed by atoms with E-state index in [4.69, 9.17) is 11.6 Å². The highest BCUT2D eigenvalue weighted by atomic mass is 35.5. The van der Waals surface area contributed by atoms with E-state index in [0.717, 1.165) is 31.5 Å². The number of benzene rings is 1. The number of amides is 1. The maximum atomic E-state index is 12.9. The Bertz CT molecular complexity index is 453. The van der Waals surface area contributed by atoms with Crippen LogP contribution in [-0.2, 0) is 4.79 Å². The van der Waals surface area contributed by atoms with Gasteiger partial charge in [-0.1, -0.05) is 17.7 Å². The molecule has 90 valence electrons. The number of hydrogen-bond acceptors (Lipinski definition) is 1. The van der Waals surface area contributed by atoms with E-state index >= 15 is 0 Å². The molecule has 0 bridgehead atoms. The van der Waals surface area contributed by atoms with Crippen molar-refractivity contribution in [3.8, 4) is 0 Å². The fraction of sp³-hybridized carbons (Fsp3) is 0.308. The molecule has 1 heterocycles. The largest absolute Gasteiger partial charge is 0.339 e. The number of carbonyl (C=O) groups excluding carboxylic acids is 1. The van der Waals surface area contributed by atoms with Gasteiger partial charge in [0.15, 0.2) is 0 Å². The summed E-state index contributed by atoms with van der Waals surface area (Å²) in [6, 6.07) is 4.39. The first-order valence-electron chi connectivity index (χ1n) is 5.59. The zero-order chi connectivity index (χ0) is 12.3. The molecule has 2 rings (SSSR count). The molecule has 1 saturated heterocycles. The predicted octanol–water partition coefficient (Wildman–Crippen LogP) is 3.11. The third-order valence-corrected chi connectivity index (χ3v) is 3.07. The third-order valence-electron chi connectivity index (χ3n) is 2.78. The van der Waals surface area contributed by atoms with Gasteiger partial charge in [-0.25, -0.2) is 4.39 Å². The number of rotatable bonds is 2. The van der Waals surface area contributed by atoms with Gasteiger partial charge in [0, 0.05) is 19.2 Å². The van der Waals surface area contributed by atoms with E-state index in [1.807, 2.05) is 4.90 Å². The topological polar surface area (TPSA) is 20.3 Å². The first kappa shape index (κ1) is 12.1. The van der Waals surface area contributed by atoms with Gasteiger partial charge in [0.2, 0.25) is 5.91 Å². The Labute approximate surface area is 105 Å². The molecule has 17 heavy (non-hydrogen) atoms. The molecule has 4 heteroatoms. The molecule has 0 spiro atoms. The summed E-state index contributed by atoms with van der Waals surface area (Å²) in [6.45, 7) is 1.65. The summed E-state index contributed by atoms with van der Waals surface area (Å²) in [4.78, 5) is 13.5. The summed E-state index contributed by atoms with van der Waals surface area (Å²) in [6.07, 6.45) is 5.31. The summed E-state index contributed by atoms with van der Waals surface area (Å²) in [5.41, 5.74) is 0.726. The van der Waals surface area contributed by atoms with Gasteiger partial charge < -0.3 is 4.90 Å². The maximum absolute atomic E-state index is 12.9. The molecule has 0 aromatic heterocycles. The lowest BCUT2D eigenvalue weighted by atomic mass is 10.2. The second kappa shape index (κ2) is 5.32. The summed E-state index contributed by atoms with van der Waals surface area (Å²) < 4.78 is 12.9. The van der Waals surface area contributed by atoms with Gasteiger partial charge in [-0.15, -0.1) is 0 Å². The lowest BCUT2D eigenvalue weighted by molar-refractivity contribution is -0.124. The van der Waals surface area contributed by atoms with Crippen molar-refractivity contribution in [2.45, 2.75) is 12.8 Å². The molecular formula is C13H13ClFNO. The quantitative estimate of drug-likeness (QED) is 0.742. The highest BCUT2D eigenvalue weighted by Crippen LogP contribution is 2.17. The smallest absolute Gasteiger partial charge is 0.246 e. The first-order chi connectivity index (χ1) is 8.16. The van der Waals surface area contributed by atoms with Gasteiger partial charge >= 0.3 is 0 Å². The molecule has 1 aromatic carbocycles. The Kier molecular flexibility index (Phi) is 3.79. The van der Waals surface area contributed by atoms with Crippen LogP contribution >= 0.6 is 11.6 Å². The molecule has 1 aliphatic rings. The Hall–Kier alpha value is -1.35. The van der Waals surface area contributed by atoms with Crippen molar-refractivity contribution in [3.05, 3.63) is 40.7 Å². The lowest BCUT2D eigenvalue weighted by Gasteiger charge is -2.11. The minimum atomic E-state index is -0.449. The fourth-order valence-corrected chi connectivity index (χ4v) is 2.02. The van der Waals surface area contributed by atoms with Crippen molar-refractivity contribution in [2.24, 2.45) is 0 Å². The van der Waals surface area contributed by atoms with Crippen LogP contribution in [0, 0.1) is 5.82 Å². The van der Waals surface area contributed by atoms with E-state index in [-0.39, 0.29) is 10.9 Å². The Morgan fingerprint density at radius 3 is 2.71 bits per heavy atom. The van der Waals surface area contributed by atoms with Crippen LogP contribution < -0.4 is 0 Å². The molecule has 0 unspecified atom stereocenters. The lowest BCUT2D eigenvalue weighted by Crippen LogP contribution is -2.25. The Balaban J connectivity index is 2.04. The number of nitrogens with zero attached hydrogens (tertiary/aromatic N) is 1. The zero-order valence-corrected chi connectivity index (χ0v) is 10.1. The van der Waals surface area contributed by atoms with Gasteiger partial charge in [0.05, 0.1) is 5.02 Å². The van der Waals surface area contributed by atoms with Gasteiger partial charge in [0.25, 0.3) is 0 Å². The SMILES string of the molecule is O=C(/C=C/c1ccc(F)c(Cl)c1)N1CCCC1. The van der Waals surface area contributed by atoms with Crippen molar-refractivity contribution in [3.63, 3.8) is 0 Å². The predicted molar refractivity (Wildman–Crippen MR) is 66.3 cm³/mol. The molecule has 1 amide bonds. The number of carbonyl (C=O) groups is 1. The zero-order valence-electron chi connectivity index (χ0n) is 9.33. The Morgan fingerprint density at radius 2 is 2.06 bits per heavy atom. The molecule has 0 radical (unpaired) electrons. The third kappa shape index (κ3) is 3.07. The van der Waals surface area contributed by atoms with E-state index in [0.29, 0.717) is 0 Å². The molecule has 0 N–H and O–H groups in total. The number of likely N-dealkylation sites (tertiary alicyclic amines) is 1. The average Bonchev–Trinajstić information content (AvgIpc) is 2.84. The van der Waals surface area contributed by atoms with Crippen LogP contribution in [0.5, 0.6) is 0 Å².